The highest BCUT2D eigenvalue weighted by molar-refractivity contribution is 5.81. The molecule has 1 atom stereocenters. The number of nitrogens with one attached hydrogen (secondary N) is 1. The molecule has 0 spiro atoms. The largest absolute Gasteiger partial charge is 0.351 e. The van der Waals surface area contributed by atoms with Gasteiger partial charge in [-0.1, -0.05) is 18.2 Å². The van der Waals surface area contributed by atoms with Crippen molar-refractivity contribution in [3.05, 3.63) is 48.3 Å². The molecule has 1 amide bonds. The zero-order chi connectivity index (χ0) is 14.4. The Kier molecular flexibility index (Phi) is 4.53. The van der Waals surface area contributed by atoms with Crippen LogP contribution in [-0.2, 0) is 11.3 Å². The van der Waals surface area contributed by atoms with E-state index < -0.39 is 6.04 Å². The fraction of sp³-hybridized carbons (Fsp3) is 0.200. The number of carbonyl (C=O) groups is 1. The molecule has 20 heavy (non-hydrogen) atoms. The molecule has 5 heteroatoms. The van der Waals surface area contributed by atoms with Gasteiger partial charge in [-0.05, 0) is 17.7 Å². The minimum Gasteiger partial charge on any atom is -0.351 e. The summed E-state index contributed by atoms with van der Waals surface area (Å²) >= 11 is 0. The first kappa shape index (κ1) is 13.8. The Hall–Kier alpha value is -2.58. The van der Waals surface area contributed by atoms with Crippen LogP contribution in [0.15, 0.2) is 42.7 Å². The molecule has 3 N–H and O–H groups in total. The van der Waals surface area contributed by atoms with E-state index in [9.17, 15) is 4.79 Å². The van der Waals surface area contributed by atoms with Gasteiger partial charge in [-0.25, -0.2) is 4.68 Å². The predicted molar refractivity (Wildman–Crippen MR) is 76.8 cm³/mol. The van der Waals surface area contributed by atoms with Gasteiger partial charge in [0, 0.05) is 25.4 Å². The molecule has 0 aliphatic heterocycles. The van der Waals surface area contributed by atoms with Gasteiger partial charge in [-0.2, -0.15) is 5.10 Å². The Labute approximate surface area is 117 Å². The quantitative estimate of drug-likeness (QED) is 0.789. The third-order valence-corrected chi connectivity index (χ3v) is 2.87. The number of para-hydroxylation sites is 1. The summed E-state index contributed by atoms with van der Waals surface area (Å²) in [5.41, 5.74) is 7.53. The number of benzene rings is 1. The lowest BCUT2D eigenvalue weighted by Crippen LogP contribution is -2.40. The number of hydrogen-bond acceptors (Lipinski definition) is 3. The standard InChI is InChI=1S/C15H16N4O/c1-2-6-13(16)15(20)17-11-12-7-3-4-8-14(12)19-10-5-9-18-19/h1,3-5,7-10,13H,6,11,16H2,(H,17,20). The Morgan fingerprint density at radius 2 is 2.25 bits per heavy atom. The van der Waals surface area contributed by atoms with E-state index in [1.807, 2.05) is 36.5 Å². The highest BCUT2D eigenvalue weighted by Crippen LogP contribution is 2.13. The third-order valence-electron chi connectivity index (χ3n) is 2.87. The van der Waals surface area contributed by atoms with E-state index in [1.54, 1.807) is 10.9 Å². The lowest BCUT2D eigenvalue weighted by atomic mass is 10.1. The predicted octanol–water partition coefficient (Wildman–Crippen LogP) is 0.839. The Morgan fingerprint density at radius 1 is 1.45 bits per heavy atom. The highest BCUT2D eigenvalue weighted by Gasteiger charge is 2.12. The summed E-state index contributed by atoms with van der Waals surface area (Å²) in [4.78, 5) is 11.7. The van der Waals surface area contributed by atoms with E-state index >= 15 is 0 Å². The molecule has 0 aliphatic carbocycles. The Morgan fingerprint density at radius 3 is 2.95 bits per heavy atom. The van der Waals surface area contributed by atoms with E-state index in [0.717, 1.165) is 11.3 Å². The summed E-state index contributed by atoms with van der Waals surface area (Å²) in [6.45, 7) is 0.382. The zero-order valence-electron chi connectivity index (χ0n) is 11.0. The average Bonchev–Trinajstić information content (AvgIpc) is 2.99. The second-order valence-corrected chi connectivity index (χ2v) is 4.31. The van der Waals surface area contributed by atoms with Gasteiger partial charge in [0.1, 0.15) is 0 Å². The number of rotatable bonds is 5. The van der Waals surface area contributed by atoms with Gasteiger partial charge in [0.05, 0.1) is 11.7 Å². The molecule has 2 rings (SSSR count). The van der Waals surface area contributed by atoms with Crippen LogP contribution in [0.5, 0.6) is 0 Å². The van der Waals surface area contributed by atoms with Crippen LogP contribution in [-0.4, -0.2) is 21.7 Å². The van der Waals surface area contributed by atoms with Crippen molar-refractivity contribution in [3.63, 3.8) is 0 Å². The zero-order valence-corrected chi connectivity index (χ0v) is 11.0. The van der Waals surface area contributed by atoms with Gasteiger partial charge >= 0.3 is 0 Å². The maximum absolute atomic E-state index is 11.7. The van der Waals surface area contributed by atoms with Crippen LogP contribution in [0, 0.1) is 12.3 Å². The first-order valence-electron chi connectivity index (χ1n) is 6.27. The van der Waals surface area contributed by atoms with E-state index in [0.29, 0.717) is 6.54 Å². The van der Waals surface area contributed by atoms with Gasteiger partial charge in [-0.15, -0.1) is 12.3 Å². The summed E-state index contributed by atoms with van der Waals surface area (Å²) < 4.78 is 1.75. The molecule has 0 fully saturated rings. The van der Waals surface area contributed by atoms with Crippen molar-refractivity contribution in [1.82, 2.24) is 15.1 Å². The molecule has 1 unspecified atom stereocenters. The van der Waals surface area contributed by atoms with Crippen molar-refractivity contribution in [1.29, 1.82) is 0 Å². The molecule has 1 aromatic heterocycles. The highest BCUT2D eigenvalue weighted by atomic mass is 16.2. The summed E-state index contributed by atoms with van der Waals surface area (Å²) in [5.74, 6) is 2.13. The van der Waals surface area contributed by atoms with Crippen LogP contribution in [0.2, 0.25) is 0 Å². The van der Waals surface area contributed by atoms with Crippen molar-refractivity contribution in [2.24, 2.45) is 5.73 Å². The number of hydrogen-bond donors (Lipinski definition) is 2. The molecule has 1 heterocycles. The maximum atomic E-state index is 11.7. The summed E-state index contributed by atoms with van der Waals surface area (Å²) in [6.07, 6.45) is 8.93. The molecule has 0 radical (unpaired) electrons. The van der Waals surface area contributed by atoms with E-state index in [-0.39, 0.29) is 12.3 Å². The molecule has 2 aromatic rings. The normalized spacial score (nSPS) is 11.6. The molecule has 5 nitrogen and oxygen atoms in total. The van der Waals surface area contributed by atoms with Crippen molar-refractivity contribution < 1.29 is 4.79 Å². The van der Waals surface area contributed by atoms with Crippen LogP contribution >= 0.6 is 0 Å². The van der Waals surface area contributed by atoms with Crippen molar-refractivity contribution in [2.45, 2.75) is 19.0 Å². The van der Waals surface area contributed by atoms with E-state index in [2.05, 4.69) is 16.3 Å². The number of aromatic nitrogens is 2. The monoisotopic (exact) mass is 268 g/mol. The van der Waals surface area contributed by atoms with Crippen molar-refractivity contribution in [2.75, 3.05) is 0 Å². The second-order valence-electron chi connectivity index (χ2n) is 4.31. The molecule has 0 saturated carbocycles. The van der Waals surface area contributed by atoms with Gasteiger partial charge < -0.3 is 11.1 Å². The maximum Gasteiger partial charge on any atom is 0.238 e. The summed E-state index contributed by atoms with van der Waals surface area (Å²) in [6, 6.07) is 8.89. The van der Waals surface area contributed by atoms with Gasteiger partial charge in [0.25, 0.3) is 0 Å². The third kappa shape index (κ3) is 3.25. The SMILES string of the molecule is C#CCC(N)C(=O)NCc1ccccc1-n1cccn1. The van der Waals surface area contributed by atoms with Crippen LogP contribution in [0.3, 0.4) is 0 Å². The van der Waals surface area contributed by atoms with Crippen LogP contribution in [0.1, 0.15) is 12.0 Å². The smallest absolute Gasteiger partial charge is 0.238 e. The van der Waals surface area contributed by atoms with Crippen LogP contribution in [0.4, 0.5) is 0 Å². The number of nitrogens with two attached hydrogens (primary N) is 1. The van der Waals surface area contributed by atoms with E-state index in [4.69, 9.17) is 12.2 Å². The topological polar surface area (TPSA) is 72.9 Å². The van der Waals surface area contributed by atoms with Crippen molar-refractivity contribution >= 4 is 5.91 Å². The molecule has 0 aliphatic rings. The number of carbonyl (C=O) groups excluding carboxylic acids is 1. The van der Waals surface area contributed by atoms with Crippen LogP contribution in [0.25, 0.3) is 5.69 Å². The lowest BCUT2D eigenvalue weighted by molar-refractivity contribution is -0.122. The molecule has 0 bridgehead atoms. The van der Waals surface area contributed by atoms with Crippen molar-refractivity contribution in [3.8, 4) is 18.0 Å². The Balaban J connectivity index is 2.08. The molecule has 102 valence electrons. The number of terminal acetylenes is 1. The molecule has 0 saturated heterocycles. The Bertz CT molecular complexity index is 613. The first-order chi connectivity index (χ1) is 9.72. The van der Waals surface area contributed by atoms with Crippen LogP contribution < -0.4 is 11.1 Å². The fourth-order valence-electron chi connectivity index (χ4n) is 1.83. The average molecular weight is 268 g/mol. The van der Waals surface area contributed by atoms with Gasteiger partial charge in [0.15, 0.2) is 0 Å². The fourth-order valence-corrected chi connectivity index (χ4v) is 1.83. The molecular weight excluding hydrogens is 252 g/mol. The van der Waals surface area contributed by atoms with Gasteiger partial charge in [0.2, 0.25) is 5.91 Å². The molecular formula is C15H16N4O. The molecule has 1 aromatic carbocycles. The minimum atomic E-state index is -0.670. The lowest BCUT2D eigenvalue weighted by Gasteiger charge is -2.12. The van der Waals surface area contributed by atoms with E-state index in [1.165, 1.54) is 0 Å². The minimum absolute atomic E-state index is 0.229. The summed E-state index contributed by atoms with van der Waals surface area (Å²) in [7, 11) is 0. The summed E-state index contributed by atoms with van der Waals surface area (Å²) in [5, 5.41) is 6.98. The first-order valence-corrected chi connectivity index (χ1v) is 6.27. The number of amides is 1. The number of nitrogens with zero attached hydrogens (tertiary/aromatic N) is 2. The van der Waals surface area contributed by atoms with Gasteiger partial charge in [-0.3, -0.25) is 4.79 Å². The second kappa shape index (κ2) is 6.55.